The van der Waals surface area contributed by atoms with Crippen molar-refractivity contribution in [3.05, 3.63) is 5.82 Å². The average molecular weight is 255 g/mol. The summed E-state index contributed by atoms with van der Waals surface area (Å²) in [4.78, 5) is 12.4. The van der Waals surface area contributed by atoms with Gasteiger partial charge in [0.2, 0.25) is 11.9 Å². The lowest BCUT2D eigenvalue weighted by molar-refractivity contribution is 0.0365. The SMILES string of the molecule is COCC(CNc1nc(N)nc(C(C)C)n1)OC. The van der Waals surface area contributed by atoms with Gasteiger partial charge in [-0.25, -0.2) is 0 Å². The molecule has 0 saturated carbocycles. The van der Waals surface area contributed by atoms with Crippen LogP contribution < -0.4 is 11.1 Å². The van der Waals surface area contributed by atoms with E-state index in [1.807, 2.05) is 13.8 Å². The third-order valence-corrected chi connectivity index (χ3v) is 2.36. The van der Waals surface area contributed by atoms with Crippen LogP contribution in [0, 0.1) is 0 Å². The first-order chi connectivity index (χ1) is 8.56. The Labute approximate surface area is 107 Å². The quantitative estimate of drug-likeness (QED) is 0.738. The highest BCUT2D eigenvalue weighted by Crippen LogP contribution is 2.11. The van der Waals surface area contributed by atoms with Crippen molar-refractivity contribution >= 4 is 11.9 Å². The molecule has 1 heterocycles. The van der Waals surface area contributed by atoms with Gasteiger partial charge >= 0.3 is 0 Å². The Kier molecular flexibility index (Phi) is 5.73. The second-order valence-electron chi connectivity index (χ2n) is 4.22. The highest BCUT2D eigenvalue weighted by Gasteiger charge is 2.10. The molecule has 102 valence electrons. The van der Waals surface area contributed by atoms with Crippen molar-refractivity contribution in [1.82, 2.24) is 15.0 Å². The van der Waals surface area contributed by atoms with Gasteiger partial charge in [0.1, 0.15) is 5.82 Å². The topological polar surface area (TPSA) is 95.2 Å². The summed E-state index contributed by atoms with van der Waals surface area (Å²) in [5.74, 6) is 1.56. The van der Waals surface area contributed by atoms with E-state index in [0.717, 1.165) is 0 Å². The summed E-state index contributed by atoms with van der Waals surface area (Å²) >= 11 is 0. The molecule has 1 rings (SSSR count). The smallest absolute Gasteiger partial charge is 0.227 e. The molecular formula is C11H21N5O2. The summed E-state index contributed by atoms with van der Waals surface area (Å²) in [6, 6.07) is 0. The zero-order chi connectivity index (χ0) is 13.5. The van der Waals surface area contributed by atoms with Crippen molar-refractivity contribution in [2.45, 2.75) is 25.9 Å². The molecule has 0 spiro atoms. The number of rotatable bonds is 7. The van der Waals surface area contributed by atoms with Gasteiger partial charge in [-0.3, -0.25) is 0 Å². The van der Waals surface area contributed by atoms with Crippen molar-refractivity contribution in [2.24, 2.45) is 0 Å². The molecule has 0 aliphatic heterocycles. The highest BCUT2D eigenvalue weighted by atomic mass is 16.5. The number of nitrogens with one attached hydrogen (secondary N) is 1. The third-order valence-electron chi connectivity index (χ3n) is 2.36. The lowest BCUT2D eigenvalue weighted by Gasteiger charge is -2.15. The standard InChI is InChI=1S/C11H21N5O2/c1-7(2)9-14-10(12)16-11(15-9)13-5-8(18-4)6-17-3/h7-8H,5-6H2,1-4H3,(H3,12,13,14,15,16). The molecule has 0 aliphatic rings. The predicted octanol–water partition coefficient (Wildman–Crippen LogP) is 0.650. The molecule has 1 atom stereocenters. The lowest BCUT2D eigenvalue weighted by atomic mass is 10.2. The summed E-state index contributed by atoms with van der Waals surface area (Å²) in [6.07, 6.45) is -0.0597. The molecule has 1 aromatic rings. The zero-order valence-corrected chi connectivity index (χ0v) is 11.3. The van der Waals surface area contributed by atoms with Crippen LogP contribution in [0.1, 0.15) is 25.6 Å². The Morgan fingerprint density at radius 2 is 1.94 bits per heavy atom. The minimum Gasteiger partial charge on any atom is -0.382 e. The van der Waals surface area contributed by atoms with Gasteiger partial charge in [0.05, 0.1) is 12.7 Å². The number of anilines is 2. The van der Waals surface area contributed by atoms with Gasteiger partial charge in [-0.1, -0.05) is 13.8 Å². The molecule has 0 saturated heterocycles. The van der Waals surface area contributed by atoms with Crippen LogP contribution in [0.4, 0.5) is 11.9 Å². The van der Waals surface area contributed by atoms with Gasteiger partial charge in [0, 0.05) is 26.7 Å². The Balaban J connectivity index is 2.66. The van der Waals surface area contributed by atoms with Gasteiger partial charge < -0.3 is 20.5 Å². The van der Waals surface area contributed by atoms with Crippen LogP contribution in [0.5, 0.6) is 0 Å². The summed E-state index contributed by atoms with van der Waals surface area (Å²) in [7, 11) is 3.26. The molecule has 0 amide bonds. The first-order valence-electron chi connectivity index (χ1n) is 5.83. The van der Waals surface area contributed by atoms with Crippen LogP contribution in [-0.4, -0.2) is 48.4 Å². The zero-order valence-electron chi connectivity index (χ0n) is 11.3. The molecule has 0 aliphatic carbocycles. The van der Waals surface area contributed by atoms with E-state index < -0.39 is 0 Å². The van der Waals surface area contributed by atoms with E-state index in [-0.39, 0.29) is 18.0 Å². The van der Waals surface area contributed by atoms with Crippen LogP contribution in [0.3, 0.4) is 0 Å². The third kappa shape index (κ3) is 4.42. The second kappa shape index (κ2) is 7.07. The molecule has 3 N–H and O–H groups in total. The summed E-state index contributed by atoms with van der Waals surface area (Å²) in [6.45, 7) is 5.05. The van der Waals surface area contributed by atoms with Crippen molar-refractivity contribution in [2.75, 3.05) is 38.4 Å². The van der Waals surface area contributed by atoms with E-state index in [9.17, 15) is 0 Å². The first kappa shape index (κ1) is 14.6. The van der Waals surface area contributed by atoms with Gasteiger partial charge in [0.25, 0.3) is 0 Å². The molecule has 0 fully saturated rings. The van der Waals surface area contributed by atoms with Crippen molar-refractivity contribution < 1.29 is 9.47 Å². The first-order valence-corrected chi connectivity index (χ1v) is 5.83. The van der Waals surface area contributed by atoms with E-state index in [1.165, 1.54) is 0 Å². The highest BCUT2D eigenvalue weighted by molar-refractivity contribution is 5.31. The number of hydrogen-bond acceptors (Lipinski definition) is 7. The Morgan fingerprint density at radius 3 is 2.50 bits per heavy atom. The van der Waals surface area contributed by atoms with Crippen LogP contribution in [0.15, 0.2) is 0 Å². The van der Waals surface area contributed by atoms with Gasteiger partial charge in [-0.15, -0.1) is 0 Å². The number of methoxy groups -OCH3 is 2. The Bertz CT molecular complexity index is 372. The molecule has 0 radical (unpaired) electrons. The minimum atomic E-state index is -0.0597. The van der Waals surface area contributed by atoms with Crippen LogP contribution >= 0.6 is 0 Å². The fourth-order valence-corrected chi connectivity index (χ4v) is 1.35. The van der Waals surface area contributed by atoms with Crippen molar-refractivity contribution in [1.29, 1.82) is 0 Å². The van der Waals surface area contributed by atoms with Gasteiger partial charge in [0.15, 0.2) is 0 Å². The van der Waals surface area contributed by atoms with E-state index in [1.54, 1.807) is 14.2 Å². The number of nitrogens with two attached hydrogens (primary N) is 1. The predicted molar refractivity (Wildman–Crippen MR) is 69.5 cm³/mol. The fourth-order valence-electron chi connectivity index (χ4n) is 1.35. The largest absolute Gasteiger partial charge is 0.382 e. The molecule has 7 nitrogen and oxygen atoms in total. The van der Waals surface area contributed by atoms with Crippen LogP contribution in [0.2, 0.25) is 0 Å². The Hall–Kier alpha value is -1.47. The molecular weight excluding hydrogens is 234 g/mol. The van der Waals surface area contributed by atoms with E-state index in [0.29, 0.717) is 24.9 Å². The lowest BCUT2D eigenvalue weighted by Crippen LogP contribution is -2.27. The molecule has 0 bridgehead atoms. The summed E-state index contributed by atoms with van der Waals surface area (Å²) < 4.78 is 10.3. The number of aromatic nitrogens is 3. The maximum atomic E-state index is 5.64. The fraction of sp³-hybridized carbons (Fsp3) is 0.727. The van der Waals surface area contributed by atoms with Crippen LogP contribution in [0.25, 0.3) is 0 Å². The monoisotopic (exact) mass is 255 g/mol. The van der Waals surface area contributed by atoms with E-state index in [4.69, 9.17) is 15.2 Å². The molecule has 7 heteroatoms. The Morgan fingerprint density at radius 1 is 1.22 bits per heavy atom. The number of nitrogen functional groups attached to an aromatic ring is 1. The molecule has 18 heavy (non-hydrogen) atoms. The van der Waals surface area contributed by atoms with Crippen molar-refractivity contribution in [3.63, 3.8) is 0 Å². The van der Waals surface area contributed by atoms with E-state index >= 15 is 0 Å². The summed E-state index contributed by atoms with van der Waals surface area (Å²) in [5.41, 5.74) is 5.64. The van der Waals surface area contributed by atoms with Crippen LogP contribution in [-0.2, 0) is 9.47 Å². The van der Waals surface area contributed by atoms with E-state index in [2.05, 4.69) is 20.3 Å². The molecule has 1 aromatic heterocycles. The summed E-state index contributed by atoms with van der Waals surface area (Å²) in [5, 5.41) is 3.07. The van der Waals surface area contributed by atoms with Gasteiger partial charge in [-0.05, 0) is 0 Å². The second-order valence-corrected chi connectivity index (χ2v) is 4.22. The number of hydrogen-bond donors (Lipinski definition) is 2. The molecule has 1 unspecified atom stereocenters. The minimum absolute atomic E-state index is 0.0597. The molecule has 0 aromatic carbocycles. The van der Waals surface area contributed by atoms with Crippen molar-refractivity contribution in [3.8, 4) is 0 Å². The maximum absolute atomic E-state index is 5.64. The average Bonchev–Trinajstić information content (AvgIpc) is 2.33. The maximum Gasteiger partial charge on any atom is 0.227 e. The number of ether oxygens (including phenoxy) is 2. The van der Waals surface area contributed by atoms with Gasteiger partial charge in [-0.2, -0.15) is 15.0 Å². The normalized spacial score (nSPS) is 12.7. The number of nitrogens with zero attached hydrogens (tertiary/aromatic N) is 3.